The van der Waals surface area contributed by atoms with Crippen LogP contribution in [0, 0.1) is 29.1 Å². The largest absolute Gasteiger partial charge is 0.309 e. The van der Waals surface area contributed by atoms with Crippen molar-refractivity contribution in [2.24, 2.45) is 29.1 Å². The van der Waals surface area contributed by atoms with E-state index in [0.717, 1.165) is 11.8 Å². The minimum absolute atomic E-state index is 0.0233. The predicted octanol–water partition coefficient (Wildman–Crippen LogP) is 17.5. The van der Waals surface area contributed by atoms with Gasteiger partial charge in [0, 0.05) is 22.0 Å². The van der Waals surface area contributed by atoms with Crippen LogP contribution in [0.15, 0.2) is 212 Å². The van der Waals surface area contributed by atoms with E-state index in [-0.39, 0.29) is 10.8 Å². The minimum Gasteiger partial charge on any atom is -0.309 e. The molecule has 4 saturated carbocycles. The van der Waals surface area contributed by atoms with Crippen LogP contribution in [0.1, 0.15) is 61.8 Å². The number of rotatable bonds is 5. The molecule has 0 radical (unpaired) electrons. The van der Waals surface area contributed by atoms with Gasteiger partial charge in [0.1, 0.15) is 0 Å². The number of hydrogen-bond acceptors (Lipinski definition) is 1. The molecular weight excluding hydrogens is 819 g/mol. The van der Waals surface area contributed by atoms with Crippen molar-refractivity contribution in [1.82, 2.24) is 0 Å². The van der Waals surface area contributed by atoms with Gasteiger partial charge in [-0.2, -0.15) is 0 Å². The van der Waals surface area contributed by atoms with E-state index in [2.05, 4.69) is 231 Å². The first-order valence-electron chi connectivity index (χ1n) is 25.2. The van der Waals surface area contributed by atoms with Crippen molar-refractivity contribution in [3.05, 3.63) is 235 Å². The van der Waals surface area contributed by atoms with Gasteiger partial charge in [0.2, 0.25) is 0 Å². The Labute approximate surface area is 400 Å². The minimum atomic E-state index is -0.270. The summed E-state index contributed by atoms with van der Waals surface area (Å²) in [4.78, 5) is 2.75. The van der Waals surface area contributed by atoms with Crippen molar-refractivity contribution >= 4 is 17.1 Å². The van der Waals surface area contributed by atoms with Crippen molar-refractivity contribution in [2.75, 3.05) is 4.90 Å². The van der Waals surface area contributed by atoms with Gasteiger partial charge in [-0.3, -0.25) is 0 Å². The quantitative estimate of drug-likeness (QED) is 0.167. The summed E-state index contributed by atoms with van der Waals surface area (Å²) in [5.74, 6) is 3.12. The van der Waals surface area contributed by atoms with Gasteiger partial charge in [-0.1, -0.05) is 202 Å². The standard InChI is InChI=1S/C67H53N/c1-65(2)56-31-12-8-25-50(56)49-24-6-7-28-53(49)63-54(51-26-9-13-32-57(51)65)29-17-35-60(63)68(59-34-15-11-23-48(59)44-22-16-21-43(37-44)42-19-4-3-5-20-42)61-36-18-30-55-52-27-10-14-33-58(52)67(64(55)61)47-39-45-38-46-40-62(67)66(45,46)41-47/h3-37,45-47,62H,38-41H2,1-2H3. The summed E-state index contributed by atoms with van der Waals surface area (Å²) in [5, 5.41) is 0. The molecule has 2 spiro atoms. The average Bonchev–Trinajstić information content (AvgIpc) is 4.01. The van der Waals surface area contributed by atoms with E-state index < -0.39 is 0 Å². The SMILES string of the molecule is CC1(C)c2ccccc2-c2ccccc2-c2c(cccc2N(c2ccccc2-c2cccc(-c3ccccc3)c2)c2cccc3c2C2(c4ccccc4-3)C3CC4CC5CC2C45C3)-c2ccccc21. The average molecular weight is 872 g/mol. The zero-order chi connectivity index (χ0) is 44.9. The van der Waals surface area contributed by atoms with Crippen molar-refractivity contribution in [3.8, 4) is 66.8 Å². The van der Waals surface area contributed by atoms with Gasteiger partial charge in [0.05, 0.1) is 17.1 Å². The van der Waals surface area contributed by atoms with E-state index in [1.54, 1.807) is 11.1 Å². The number of hydrogen-bond donors (Lipinski definition) is 0. The van der Waals surface area contributed by atoms with Crippen molar-refractivity contribution < 1.29 is 0 Å². The Bertz CT molecular complexity index is 3560. The number of para-hydroxylation sites is 1. The van der Waals surface area contributed by atoms with Gasteiger partial charge in [-0.15, -0.1) is 0 Å². The maximum Gasteiger partial charge on any atom is 0.0546 e. The Balaban J connectivity index is 1.07. The van der Waals surface area contributed by atoms with Crippen LogP contribution < -0.4 is 4.90 Å². The van der Waals surface area contributed by atoms with Crippen LogP contribution >= 0.6 is 0 Å². The molecule has 9 aromatic rings. The van der Waals surface area contributed by atoms with Gasteiger partial charge < -0.3 is 4.90 Å². The molecule has 326 valence electrons. The molecule has 0 aromatic heterocycles. The molecule has 0 aliphatic heterocycles. The van der Waals surface area contributed by atoms with Crippen molar-refractivity contribution in [3.63, 3.8) is 0 Å². The Morgan fingerprint density at radius 3 is 1.60 bits per heavy atom. The highest BCUT2D eigenvalue weighted by molar-refractivity contribution is 6.05. The monoisotopic (exact) mass is 871 g/mol. The topological polar surface area (TPSA) is 3.24 Å². The highest BCUT2D eigenvalue weighted by Crippen LogP contribution is 2.88. The molecule has 6 atom stereocenters. The van der Waals surface area contributed by atoms with E-state index >= 15 is 0 Å². The fraction of sp³-hybridized carbons (Fsp3) is 0.194. The molecule has 0 saturated heterocycles. The van der Waals surface area contributed by atoms with Gasteiger partial charge >= 0.3 is 0 Å². The lowest BCUT2D eigenvalue weighted by molar-refractivity contribution is -0.193. The van der Waals surface area contributed by atoms with Crippen molar-refractivity contribution in [1.29, 1.82) is 0 Å². The molecule has 6 unspecified atom stereocenters. The number of fused-ring (bicyclic) bond motifs is 15. The molecule has 6 aliphatic carbocycles. The molecule has 4 fully saturated rings. The number of anilines is 3. The van der Waals surface area contributed by atoms with Crippen LogP contribution in [0.25, 0.3) is 66.8 Å². The Morgan fingerprint density at radius 1 is 0.368 bits per heavy atom. The lowest BCUT2D eigenvalue weighted by atomic mass is 9.34. The van der Waals surface area contributed by atoms with Crippen LogP contribution in [-0.4, -0.2) is 0 Å². The normalized spacial score (nSPS) is 24.3. The van der Waals surface area contributed by atoms with Crippen LogP contribution in [0.2, 0.25) is 0 Å². The Hall–Kier alpha value is -7.22. The van der Waals surface area contributed by atoms with Crippen LogP contribution in [-0.2, 0) is 10.8 Å². The van der Waals surface area contributed by atoms with Gasteiger partial charge in [-0.25, -0.2) is 0 Å². The first-order chi connectivity index (χ1) is 33.5. The van der Waals surface area contributed by atoms with E-state index in [0.29, 0.717) is 17.3 Å². The lowest BCUT2D eigenvalue weighted by Gasteiger charge is -2.70. The predicted molar refractivity (Wildman–Crippen MR) is 282 cm³/mol. The molecule has 9 aromatic carbocycles. The summed E-state index contributed by atoms with van der Waals surface area (Å²) in [6.45, 7) is 4.84. The van der Waals surface area contributed by atoms with Crippen LogP contribution in [0.5, 0.6) is 0 Å². The molecule has 1 nitrogen and oxygen atoms in total. The molecule has 0 N–H and O–H groups in total. The molecule has 0 amide bonds. The molecular formula is C67H53N. The maximum atomic E-state index is 2.75. The third-order valence-electron chi connectivity index (χ3n) is 18.7. The molecule has 68 heavy (non-hydrogen) atoms. The highest BCUT2D eigenvalue weighted by atomic mass is 15.2. The van der Waals surface area contributed by atoms with Gasteiger partial charge in [0.15, 0.2) is 0 Å². The fourth-order valence-corrected chi connectivity index (χ4v) is 16.1. The first-order valence-corrected chi connectivity index (χ1v) is 25.2. The summed E-state index contributed by atoms with van der Waals surface area (Å²) < 4.78 is 0. The van der Waals surface area contributed by atoms with E-state index in [1.165, 1.54) is 121 Å². The Kier molecular flexibility index (Phi) is 7.96. The zero-order valence-corrected chi connectivity index (χ0v) is 38.8. The van der Waals surface area contributed by atoms with E-state index in [4.69, 9.17) is 0 Å². The number of nitrogens with zero attached hydrogens (tertiary/aromatic N) is 1. The maximum absolute atomic E-state index is 2.75. The summed E-state index contributed by atoms with van der Waals surface area (Å²) in [6, 6.07) is 81.2. The van der Waals surface area contributed by atoms with Gasteiger partial charge in [0.25, 0.3) is 0 Å². The third kappa shape index (κ3) is 4.87. The first kappa shape index (κ1) is 38.8. The van der Waals surface area contributed by atoms with Crippen LogP contribution in [0.3, 0.4) is 0 Å². The van der Waals surface area contributed by atoms with Crippen LogP contribution in [0.4, 0.5) is 17.1 Å². The second-order valence-electron chi connectivity index (χ2n) is 21.5. The Morgan fingerprint density at radius 2 is 0.868 bits per heavy atom. The molecule has 6 aliphatic rings. The molecule has 2 bridgehead atoms. The number of benzene rings is 9. The smallest absolute Gasteiger partial charge is 0.0546 e. The second-order valence-corrected chi connectivity index (χ2v) is 21.5. The molecule has 15 rings (SSSR count). The summed E-state index contributed by atoms with van der Waals surface area (Å²) >= 11 is 0. The third-order valence-corrected chi connectivity index (χ3v) is 18.7. The van der Waals surface area contributed by atoms with E-state index in [9.17, 15) is 0 Å². The molecule has 1 heteroatoms. The van der Waals surface area contributed by atoms with Gasteiger partial charge in [-0.05, 0) is 157 Å². The second kappa shape index (κ2) is 13.9. The summed E-state index contributed by atoms with van der Waals surface area (Å²) in [6.07, 6.45) is 5.56. The summed E-state index contributed by atoms with van der Waals surface area (Å²) in [7, 11) is 0. The summed E-state index contributed by atoms with van der Waals surface area (Å²) in [5.41, 5.74) is 25.2. The van der Waals surface area contributed by atoms with Crippen molar-refractivity contribution in [2.45, 2.75) is 50.4 Å². The molecule has 0 heterocycles. The fourth-order valence-electron chi connectivity index (χ4n) is 16.1. The lowest BCUT2D eigenvalue weighted by Crippen LogP contribution is -2.65. The highest BCUT2D eigenvalue weighted by Gasteiger charge is 2.82. The van der Waals surface area contributed by atoms with E-state index in [1.807, 2.05) is 0 Å². The zero-order valence-electron chi connectivity index (χ0n) is 38.8.